The summed E-state index contributed by atoms with van der Waals surface area (Å²) in [5.41, 5.74) is 1.07. The highest BCUT2D eigenvalue weighted by Gasteiger charge is 2.33. The monoisotopic (exact) mass is 318 g/mol. The van der Waals surface area contributed by atoms with Crippen molar-refractivity contribution in [2.24, 2.45) is 0 Å². The van der Waals surface area contributed by atoms with Crippen molar-refractivity contribution in [1.29, 1.82) is 5.26 Å². The van der Waals surface area contributed by atoms with Gasteiger partial charge in [0.05, 0.1) is 23.0 Å². The summed E-state index contributed by atoms with van der Waals surface area (Å²) in [6.07, 6.45) is 3.68. The van der Waals surface area contributed by atoms with Crippen LogP contribution in [0.3, 0.4) is 0 Å². The van der Waals surface area contributed by atoms with Crippen LogP contribution in [0.5, 0.6) is 0 Å². The molecular weight excluding hydrogens is 296 g/mol. The molecule has 0 unspecified atom stereocenters. The molecule has 0 bridgehead atoms. The van der Waals surface area contributed by atoms with Gasteiger partial charge < -0.3 is 10.0 Å². The lowest BCUT2D eigenvalue weighted by Crippen LogP contribution is -2.42. The van der Waals surface area contributed by atoms with Crippen LogP contribution in [0.15, 0.2) is 24.3 Å². The first-order chi connectivity index (χ1) is 10.5. The van der Waals surface area contributed by atoms with Crippen molar-refractivity contribution in [2.75, 3.05) is 19.3 Å². The Morgan fingerprint density at radius 2 is 2.00 bits per heavy atom. The second kappa shape index (κ2) is 7.66. The molecule has 0 aromatic heterocycles. The summed E-state index contributed by atoms with van der Waals surface area (Å²) < 4.78 is 0. The Labute approximate surface area is 136 Å². The molecule has 0 spiro atoms. The normalized spacial score (nSPS) is 16.2. The smallest absolute Gasteiger partial charge is 0.232 e. The Kier molecular flexibility index (Phi) is 5.87. The molecular formula is C17H22N2O2S. The third-order valence-corrected chi connectivity index (χ3v) is 5.06. The van der Waals surface area contributed by atoms with Gasteiger partial charge in [0, 0.05) is 19.3 Å². The average molecular weight is 318 g/mol. The van der Waals surface area contributed by atoms with Gasteiger partial charge in [-0.3, -0.25) is 4.79 Å². The van der Waals surface area contributed by atoms with E-state index in [0.717, 1.165) is 37.0 Å². The van der Waals surface area contributed by atoms with Gasteiger partial charge in [0.2, 0.25) is 5.91 Å². The van der Waals surface area contributed by atoms with Crippen molar-refractivity contribution in [3.05, 3.63) is 35.4 Å². The quantitative estimate of drug-likeness (QED) is 0.875. The molecule has 1 saturated carbocycles. The summed E-state index contributed by atoms with van der Waals surface area (Å²) in [5.74, 6) is 1.21. The van der Waals surface area contributed by atoms with Crippen molar-refractivity contribution in [2.45, 2.75) is 37.0 Å². The number of amides is 1. The molecule has 22 heavy (non-hydrogen) atoms. The molecule has 1 fully saturated rings. The Hall–Kier alpha value is -1.51. The molecule has 1 aliphatic carbocycles. The van der Waals surface area contributed by atoms with Crippen LogP contribution in [0.25, 0.3) is 0 Å². The van der Waals surface area contributed by atoms with E-state index in [2.05, 4.69) is 6.07 Å². The number of nitrogens with zero attached hydrogens (tertiary/aromatic N) is 2. The molecule has 0 saturated heterocycles. The lowest BCUT2D eigenvalue weighted by atomic mass is 10.0. The maximum atomic E-state index is 12.1. The van der Waals surface area contributed by atoms with Crippen LogP contribution >= 0.6 is 11.8 Å². The van der Waals surface area contributed by atoms with Gasteiger partial charge in [-0.05, 0) is 30.5 Å². The summed E-state index contributed by atoms with van der Waals surface area (Å²) in [6.45, 7) is 0.434. The van der Waals surface area contributed by atoms with Crippen LogP contribution in [0.1, 0.15) is 36.8 Å². The van der Waals surface area contributed by atoms with Gasteiger partial charge in [-0.1, -0.05) is 25.0 Å². The van der Waals surface area contributed by atoms with E-state index in [1.165, 1.54) is 0 Å². The zero-order valence-electron chi connectivity index (χ0n) is 12.9. The molecule has 1 aromatic carbocycles. The minimum absolute atomic E-state index is 0.0546. The predicted molar refractivity (Wildman–Crippen MR) is 88.4 cm³/mol. The summed E-state index contributed by atoms with van der Waals surface area (Å²) in [6, 6.07) is 9.51. The first-order valence-electron chi connectivity index (χ1n) is 7.55. The van der Waals surface area contributed by atoms with Gasteiger partial charge in [0.1, 0.15) is 0 Å². The summed E-state index contributed by atoms with van der Waals surface area (Å²) in [4.78, 5) is 13.8. The number of rotatable bonds is 6. The molecule has 0 aliphatic heterocycles. The summed E-state index contributed by atoms with van der Waals surface area (Å²) in [7, 11) is 1.76. The van der Waals surface area contributed by atoms with E-state index in [0.29, 0.717) is 17.9 Å². The molecule has 0 heterocycles. The fraction of sp³-hybridized carbons (Fsp3) is 0.529. The number of aliphatic hydroxyl groups is 1. The number of carbonyl (C=O) groups excluding carboxylic acids is 1. The van der Waals surface area contributed by atoms with E-state index < -0.39 is 5.60 Å². The van der Waals surface area contributed by atoms with Crippen LogP contribution in [0.2, 0.25) is 0 Å². The van der Waals surface area contributed by atoms with Crippen LogP contribution in [0.4, 0.5) is 0 Å². The van der Waals surface area contributed by atoms with Gasteiger partial charge in [0.15, 0.2) is 0 Å². The number of hydrogen-bond donors (Lipinski definition) is 1. The highest BCUT2D eigenvalue weighted by Crippen LogP contribution is 2.30. The molecule has 1 aromatic rings. The first-order valence-corrected chi connectivity index (χ1v) is 8.71. The fourth-order valence-corrected chi connectivity index (χ4v) is 3.69. The Morgan fingerprint density at radius 3 is 2.59 bits per heavy atom. The average Bonchev–Trinajstić information content (AvgIpc) is 2.94. The second-order valence-electron chi connectivity index (χ2n) is 5.98. The van der Waals surface area contributed by atoms with Crippen LogP contribution in [0, 0.1) is 11.3 Å². The van der Waals surface area contributed by atoms with Gasteiger partial charge >= 0.3 is 0 Å². The van der Waals surface area contributed by atoms with Crippen molar-refractivity contribution in [3.63, 3.8) is 0 Å². The highest BCUT2D eigenvalue weighted by molar-refractivity contribution is 7.99. The molecule has 0 radical (unpaired) electrons. The zero-order chi connectivity index (χ0) is 16.0. The van der Waals surface area contributed by atoms with E-state index in [1.807, 2.05) is 12.1 Å². The minimum atomic E-state index is -0.678. The number of benzene rings is 1. The fourth-order valence-electron chi connectivity index (χ4n) is 2.76. The predicted octanol–water partition coefficient (Wildman–Crippen LogP) is 2.55. The van der Waals surface area contributed by atoms with E-state index >= 15 is 0 Å². The van der Waals surface area contributed by atoms with E-state index in [-0.39, 0.29) is 5.91 Å². The highest BCUT2D eigenvalue weighted by atomic mass is 32.2. The topological polar surface area (TPSA) is 64.3 Å². The second-order valence-corrected chi connectivity index (χ2v) is 6.97. The summed E-state index contributed by atoms with van der Waals surface area (Å²) in [5, 5.41) is 19.1. The SMILES string of the molecule is CN(CC1(O)CCCC1)C(=O)CSCc1ccc(C#N)cc1. The van der Waals surface area contributed by atoms with Crippen molar-refractivity contribution in [1.82, 2.24) is 4.90 Å². The van der Waals surface area contributed by atoms with E-state index in [4.69, 9.17) is 5.26 Å². The minimum Gasteiger partial charge on any atom is -0.388 e. The van der Waals surface area contributed by atoms with E-state index in [1.54, 1.807) is 35.8 Å². The van der Waals surface area contributed by atoms with Crippen LogP contribution in [-0.2, 0) is 10.5 Å². The Balaban J connectivity index is 1.73. The molecule has 118 valence electrons. The molecule has 0 atom stereocenters. The van der Waals surface area contributed by atoms with Crippen LogP contribution in [-0.4, -0.2) is 40.9 Å². The molecule has 1 amide bonds. The van der Waals surface area contributed by atoms with Crippen molar-refractivity contribution < 1.29 is 9.90 Å². The van der Waals surface area contributed by atoms with Gasteiger partial charge in [-0.15, -0.1) is 11.8 Å². The number of thioether (sulfide) groups is 1. The molecule has 2 rings (SSSR count). The molecule has 4 nitrogen and oxygen atoms in total. The van der Waals surface area contributed by atoms with Crippen molar-refractivity contribution >= 4 is 17.7 Å². The largest absolute Gasteiger partial charge is 0.388 e. The van der Waals surface area contributed by atoms with Crippen molar-refractivity contribution in [3.8, 4) is 6.07 Å². The maximum absolute atomic E-state index is 12.1. The number of likely N-dealkylation sites (N-methyl/N-ethyl adjacent to an activating group) is 1. The van der Waals surface area contributed by atoms with Gasteiger partial charge in [0.25, 0.3) is 0 Å². The molecule has 5 heteroatoms. The third-order valence-electron chi connectivity index (χ3n) is 4.07. The third kappa shape index (κ3) is 4.75. The Bertz CT molecular complexity index is 545. The van der Waals surface area contributed by atoms with Crippen LogP contribution < -0.4 is 0 Å². The van der Waals surface area contributed by atoms with Gasteiger partial charge in [-0.2, -0.15) is 5.26 Å². The standard InChI is InChI=1S/C17H22N2O2S/c1-19(13-17(21)8-2-3-9-17)16(20)12-22-11-15-6-4-14(10-18)5-7-15/h4-7,21H,2-3,8-9,11-13H2,1H3. The molecule has 1 N–H and O–H groups in total. The van der Waals surface area contributed by atoms with Gasteiger partial charge in [-0.25, -0.2) is 0 Å². The zero-order valence-corrected chi connectivity index (χ0v) is 13.7. The number of carbonyl (C=O) groups is 1. The van der Waals surface area contributed by atoms with E-state index in [9.17, 15) is 9.90 Å². The summed E-state index contributed by atoms with van der Waals surface area (Å²) >= 11 is 1.56. The number of nitriles is 1. The first kappa shape index (κ1) is 16.9. The Morgan fingerprint density at radius 1 is 1.36 bits per heavy atom. The lowest BCUT2D eigenvalue weighted by molar-refractivity contribution is -0.130. The number of hydrogen-bond acceptors (Lipinski definition) is 4. The molecule has 1 aliphatic rings. The lowest BCUT2D eigenvalue weighted by Gasteiger charge is -2.28. The maximum Gasteiger partial charge on any atom is 0.232 e.